The van der Waals surface area contributed by atoms with Crippen LogP contribution in [0.25, 0.3) is 11.3 Å². The molecule has 0 aliphatic carbocycles. The average molecular weight is 262 g/mol. The number of anilines is 1. The van der Waals surface area contributed by atoms with Gasteiger partial charge in [-0.1, -0.05) is 25.5 Å². The van der Waals surface area contributed by atoms with E-state index in [-0.39, 0.29) is 0 Å². The molecule has 0 aliphatic heterocycles. The molecule has 0 radical (unpaired) electrons. The minimum Gasteiger partial charge on any atom is -0.496 e. The molecule has 0 unspecified atom stereocenters. The second-order valence-electron chi connectivity index (χ2n) is 4.02. The smallest absolute Gasteiger partial charge is 0.183 e. The van der Waals surface area contributed by atoms with Crippen molar-refractivity contribution in [3.8, 4) is 17.0 Å². The van der Waals surface area contributed by atoms with E-state index < -0.39 is 0 Å². The van der Waals surface area contributed by atoms with Gasteiger partial charge in [-0.3, -0.25) is 0 Å². The lowest BCUT2D eigenvalue weighted by Gasteiger charge is -2.05. The molecule has 0 aliphatic rings. The maximum atomic E-state index is 5.35. The highest BCUT2D eigenvalue weighted by molar-refractivity contribution is 7.14. The van der Waals surface area contributed by atoms with Gasteiger partial charge in [-0.15, -0.1) is 11.3 Å². The fourth-order valence-corrected chi connectivity index (χ4v) is 2.45. The Labute approximate surface area is 112 Å². The van der Waals surface area contributed by atoms with Crippen LogP contribution in [0.5, 0.6) is 5.75 Å². The van der Waals surface area contributed by atoms with Gasteiger partial charge in [0, 0.05) is 17.5 Å². The molecule has 0 fully saturated rings. The molecule has 0 amide bonds. The van der Waals surface area contributed by atoms with E-state index in [2.05, 4.69) is 22.6 Å². The molecule has 2 rings (SSSR count). The number of unbranched alkanes of at least 4 members (excludes halogenated alkanes) is 1. The Kier molecular flexibility index (Phi) is 4.59. The van der Waals surface area contributed by atoms with Crippen LogP contribution in [0.3, 0.4) is 0 Å². The van der Waals surface area contributed by atoms with Crippen molar-refractivity contribution in [2.75, 3.05) is 19.0 Å². The van der Waals surface area contributed by atoms with E-state index in [4.69, 9.17) is 4.74 Å². The molecule has 0 saturated carbocycles. The lowest BCUT2D eigenvalue weighted by Crippen LogP contribution is -2.00. The average Bonchev–Trinajstić information content (AvgIpc) is 2.88. The summed E-state index contributed by atoms with van der Waals surface area (Å²) in [7, 11) is 1.69. The Morgan fingerprint density at radius 3 is 2.94 bits per heavy atom. The summed E-state index contributed by atoms with van der Waals surface area (Å²) in [5.41, 5.74) is 2.01. The zero-order valence-electron chi connectivity index (χ0n) is 10.8. The molecule has 1 heterocycles. The van der Waals surface area contributed by atoms with Crippen LogP contribution in [0.4, 0.5) is 5.13 Å². The van der Waals surface area contributed by atoms with Gasteiger partial charge in [-0.25, -0.2) is 4.98 Å². The van der Waals surface area contributed by atoms with Gasteiger partial charge in [0.1, 0.15) is 5.75 Å². The van der Waals surface area contributed by atoms with Gasteiger partial charge in [0.25, 0.3) is 0 Å². The molecule has 3 nitrogen and oxygen atoms in total. The first-order valence-electron chi connectivity index (χ1n) is 6.18. The van der Waals surface area contributed by atoms with Crippen molar-refractivity contribution >= 4 is 16.5 Å². The van der Waals surface area contributed by atoms with Crippen LogP contribution in [0.15, 0.2) is 29.6 Å². The molecule has 1 N–H and O–H groups in total. The number of hydrogen-bond acceptors (Lipinski definition) is 4. The number of aromatic nitrogens is 1. The lowest BCUT2D eigenvalue weighted by molar-refractivity contribution is 0.416. The number of hydrogen-bond donors (Lipinski definition) is 1. The Morgan fingerprint density at radius 1 is 1.33 bits per heavy atom. The van der Waals surface area contributed by atoms with Gasteiger partial charge in [-0.2, -0.15) is 0 Å². The number of thiazole rings is 1. The molecule has 0 saturated heterocycles. The van der Waals surface area contributed by atoms with Gasteiger partial charge in [0.15, 0.2) is 5.13 Å². The molecule has 0 spiro atoms. The first kappa shape index (κ1) is 12.9. The highest BCUT2D eigenvalue weighted by Gasteiger charge is 2.08. The largest absolute Gasteiger partial charge is 0.496 e. The molecule has 96 valence electrons. The number of benzene rings is 1. The summed E-state index contributed by atoms with van der Waals surface area (Å²) in [6.07, 6.45) is 2.36. The van der Waals surface area contributed by atoms with E-state index in [0.717, 1.165) is 28.7 Å². The minimum atomic E-state index is 0.864. The van der Waals surface area contributed by atoms with E-state index in [1.807, 2.05) is 24.3 Å². The van der Waals surface area contributed by atoms with Gasteiger partial charge in [0.2, 0.25) is 0 Å². The maximum Gasteiger partial charge on any atom is 0.183 e. The number of nitrogens with zero attached hydrogens (tertiary/aromatic N) is 1. The first-order valence-corrected chi connectivity index (χ1v) is 7.06. The number of nitrogens with one attached hydrogen (secondary N) is 1. The Hall–Kier alpha value is -1.55. The highest BCUT2D eigenvalue weighted by atomic mass is 32.1. The minimum absolute atomic E-state index is 0.864. The standard InChI is InChI=1S/C14H18N2OS/c1-3-4-9-15-14-16-12(10-18-14)11-7-5-6-8-13(11)17-2/h5-8,10H,3-4,9H2,1-2H3,(H,15,16). The third-order valence-electron chi connectivity index (χ3n) is 2.69. The van der Waals surface area contributed by atoms with E-state index >= 15 is 0 Å². The van der Waals surface area contributed by atoms with Crippen molar-refractivity contribution in [3.63, 3.8) is 0 Å². The zero-order valence-corrected chi connectivity index (χ0v) is 11.6. The predicted octanol–water partition coefficient (Wildman–Crippen LogP) is 4.03. The van der Waals surface area contributed by atoms with Crippen LogP contribution in [-0.4, -0.2) is 18.6 Å². The zero-order chi connectivity index (χ0) is 12.8. The number of ether oxygens (including phenoxy) is 1. The molecule has 18 heavy (non-hydrogen) atoms. The van der Waals surface area contributed by atoms with Crippen molar-refractivity contribution in [1.82, 2.24) is 4.98 Å². The van der Waals surface area contributed by atoms with Crippen LogP contribution in [0, 0.1) is 0 Å². The molecular formula is C14H18N2OS. The second-order valence-corrected chi connectivity index (χ2v) is 4.88. The van der Waals surface area contributed by atoms with Crippen molar-refractivity contribution in [2.45, 2.75) is 19.8 Å². The van der Waals surface area contributed by atoms with Crippen LogP contribution in [0.2, 0.25) is 0 Å². The Balaban J connectivity index is 2.13. The molecule has 2 aromatic rings. The quantitative estimate of drug-likeness (QED) is 0.798. The van der Waals surface area contributed by atoms with Gasteiger partial charge < -0.3 is 10.1 Å². The third-order valence-corrected chi connectivity index (χ3v) is 3.49. The van der Waals surface area contributed by atoms with Crippen LogP contribution >= 0.6 is 11.3 Å². The van der Waals surface area contributed by atoms with Crippen LogP contribution < -0.4 is 10.1 Å². The monoisotopic (exact) mass is 262 g/mol. The van der Waals surface area contributed by atoms with E-state index in [0.29, 0.717) is 0 Å². The summed E-state index contributed by atoms with van der Waals surface area (Å²) < 4.78 is 5.35. The third kappa shape index (κ3) is 3.01. The SMILES string of the molecule is CCCCNc1nc(-c2ccccc2OC)cs1. The summed E-state index contributed by atoms with van der Waals surface area (Å²) in [4.78, 5) is 4.59. The van der Waals surface area contributed by atoms with Crippen molar-refractivity contribution in [2.24, 2.45) is 0 Å². The fourth-order valence-electron chi connectivity index (χ4n) is 1.71. The molecule has 0 atom stereocenters. The second kappa shape index (κ2) is 6.40. The van der Waals surface area contributed by atoms with Crippen molar-refractivity contribution in [3.05, 3.63) is 29.6 Å². The Bertz CT molecular complexity index is 496. The summed E-state index contributed by atoms with van der Waals surface area (Å²) >= 11 is 1.64. The number of methoxy groups -OCH3 is 1. The number of rotatable bonds is 6. The first-order chi connectivity index (χ1) is 8.85. The molecule has 1 aromatic carbocycles. The fraction of sp³-hybridized carbons (Fsp3) is 0.357. The molecule has 4 heteroatoms. The summed E-state index contributed by atoms with van der Waals surface area (Å²) in [6, 6.07) is 7.96. The van der Waals surface area contributed by atoms with E-state index in [9.17, 15) is 0 Å². The van der Waals surface area contributed by atoms with Gasteiger partial charge in [0.05, 0.1) is 12.8 Å². The van der Waals surface area contributed by atoms with Crippen LogP contribution in [-0.2, 0) is 0 Å². The van der Waals surface area contributed by atoms with E-state index in [1.165, 1.54) is 12.8 Å². The highest BCUT2D eigenvalue weighted by Crippen LogP contribution is 2.31. The van der Waals surface area contributed by atoms with Crippen molar-refractivity contribution < 1.29 is 4.74 Å². The Morgan fingerprint density at radius 2 is 2.17 bits per heavy atom. The molecule has 1 aromatic heterocycles. The molecular weight excluding hydrogens is 244 g/mol. The topological polar surface area (TPSA) is 34.2 Å². The van der Waals surface area contributed by atoms with Crippen LogP contribution in [0.1, 0.15) is 19.8 Å². The number of para-hydroxylation sites is 1. The predicted molar refractivity (Wildman–Crippen MR) is 77.5 cm³/mol. The summed E-state index contributed by atoms with van der Waals surface area (Å²) in [5, 5.41) is 6.38. The molecule has 0 bridgehead atoms. The van der Waals surface area contributed by atoms with Gasteiger partial charge >= 0.3 is 0 Å². The lowest BCUT2D eigenvalue weighted by atomic mass is 10.1. The summed E-state index contributed by atoms with van der Waals surface area (Å²) in [6.45, 7) is 3.17. The maximum absolute atomic E-state index is 5.35. The van der Waals surface area contributed by atoms with Crippen molar-refractivity contribution in [1.29, 1.82) is 0 Å². The normalized spacial score (nSPS) is 10.3. The summed E-state index contributed by atoms with van der Waals surface area (Å²) in [5.74, 6) is 0.864. The van der Waals surface area contributed by atoms with E-state index in [1.54, 1.807) is 18.4 Å². The van der Waals surface area contributed by atoms with Gasteiger partial charge in [-0.05, 0) is 18.6 Å².